The fourth-order valence-electron chi connectivity index (χ4n) is 1.96. The monoisotopic (exact) mass is 250 g/mol. The van der Waals surface area contributed by atoms with Gasteiger partial charge < -0.3 is 15.2 Å². The Morgan fingerprint density at radius 2 is 2.33 bits per heavy atom. The maximum Gasteiger partial charge on any atom is 0.266 e. The molecule has 1 unspecified atom stereocenters. The number of hydrogen-bond donors (Lipinski definition) is 1. The number of anilines is 1. The van der Waals surface area contributed by atoms with Crippen molar-refractivity contribution in [1.29, 1.82) is 0 Å². The smallest absolute Gasteiger partial charge is 0.266 e. The van der Waals surface area contributed by atoms with Crippen LogP contribution in [0.3, 0.4) is 0 Å². The fraction of sp³-hybridized carbons (Fsp3) is 0.462. The molecule has 0 saturated heterocycles. The molecule has 0 bridgehead atoms. The quantitative estimate of drug-likeness (QED) is 0.877. The Bertz CT molecular complexity index is 448. The molecule has 0 aromatic heterocycles. The maximum absolute atomic E-state index is 11.8. The van der Waals surface area contributed by atoms with Gasteiger partial charge >= 0.3 is 0 Å². The number of rotatable bonds is 4. The van der Waals surface area contributed by atoms with E-state index < -0.39 is 0 Å². The molecular weight excluding hydrogens is 232 g/mol. The van der Waals surface area contributed by atoms with Gasteiger partial charge in [0.25, 0.3) is 5.91 Å². The van der Waals surface area contributed by atoms with Gasteiger partial charge in [0.1, 0.15) is 12.5 Å². The second kappa shape index (κ2) is 5.37. The van der Waals surface area contributed by atoms with Gasteiger partial charge in [-0.2, -0.15) is 0 Å². The van der Waals surface area contributed by atoms with Crippen LogP contribution >= 0.6 is 0 Å². The molecule has 0 aliphatic carbocycles. The van der Waals surface area contributed by atoms with Crippen molar-refractivity contribution >= 4 is 11.6 Å². The van der Waals surface area contributed by atoms with Gasteiger partial charge in [-0.1, -0.05) is 13.0 Å². The zero-order valence-corrected chi connectivity index (χ0v) is 10.7. The Morgan fingerprint density at radius 1 is 1.56 bits per heavy atom. The number of nitrogens with zero attached hydrogens (tertiary/aromatic N) is 1. The molecule has 1 atom stereocenters. The predicted molar refractivity (Wildman–Crippen MR) is 68.5 cm³/mol. The van der Waals surface area contributed by atoms with Crippen LogP contribution < -0.4 is 15.4 Å². The van der Waals surface area contributed by atoms with Crippen LogP contribution in [0.4, 0.5) is 5.69 Å². The van der Waals surface area contributed by atoms with Crippen molar-refractivity contribution < 1.29 is 14.3 Å². The summed E-state index contributed by atoms with van der Waals surface area (Å²) in [7, 11) is 1.56. The summed E-state index contributed by atoms with van der Waals surface area (Å²) in [6.45, 7) is 2.30. The molecule has 5 heteroatoms. The molecule has 0 spiro atoms. The molecule has 1 aliphatic heterocycles. The summed E-state index contributed by atoms with van der Waals surface area (Å²) >= 11 is 0. The van der Waals surface area contributed by atoms with Gasteiger partial charge in [-0.15, -0.1) is 0 Å². The van der Waals surface area contributed by atoms with Crippen molar-refractivity contribution in [1.82, 2.24) is 0 Å². The van der Waals surface area contributed by atoms with E-state index in [-0.39, 0.29) is 25.3 Å². The van der Waals surface area contributed by atoms with Gasteiger partial charge in [0.05, 0.1) is 5.69 Å². The molecule has 0 fully saturated rings. The molecule has 1 aromatic carbocycles. The van der Waals surface area contributed by atoms with E-state index in [1.807, 2.05) is 25.1 Å². The van der Waals surface area contributed by atoms with E-state index in [2.05, 4.69) is 0 Å². The van der Waals surface area contributed by atoms with Crippen LogP contribution in [0.2, 0.25) is 0 Å². The molecule has 0 radical (unpaired) electrons. The third kappa shape index (κ3) is 2.32. The number of hydrogen-bond acceptors (Lipinski definition) is 4. The lowest BCUT2D eigenvalue weighted by Gasteiger charge is -2.29. The second-order valence-corrected chi connectivity index (χ2v) is 4.27. The van der Waals surface area contributed by atoms with E-state index in [4.69, 9.17) is 15.2 Å². The Hall–Kier alpha value is -1.59. The molecular formula is C13H18N2O3. The summed E-state index contributed by atoms with van der Waals surface area (Å²) in [6.07, 6.45) is 0.845. The number of methoxy groups -OCH3 is 1. The lowest BCUT2D eigenvalue weighted by molar-refractivity contribution is -0.122. The van der Waals surface area contributed by atoms with E-state index >= 15 is 0 Å². The van der Waals surface area contributed by atoms with Crippen LogP contribution in [0.1, 0.15) is 24.9 Å². The fourth-order valence-corrected chi connectivity index (χ4v) is 1.96. The highest BCUT2D eigenvalue weighted by molar-refractivity contribution is 5.97. The number of nitrogens with two attached hydrogens (primary N) is 1. The molecule has 1 heterocycles. The zero-order valence-electron chi connectivity index (χ0n) is 10.7. The van der Waals surface area contributed by atoms with E-state index in [1.54, 1.807) is 12.0 Å². The van der Waals surface area contributed by atoms with E-state index in [0.29, 0.717) is 5.75 Å². The standard InChI is InChI=1S/C13H18N2O3/c1-3-10(14)9-4-5-12-11(6-9)15(8-17-2)13(16)7-18-12/h4-6,10H,3,7-8,14H2,1-2H3. The summed E-state index contributed by atoms with van der Waals surface area (Å²) in [5.41, 5.74) is 7.73. The van der Waals surface area contributed by atoms with Crippen molar-refractivity contribution in [3.05, 3.63) is 23.8 Å². The first kappa shape index (κ1) is 12.9. The summed E-state index contributed by atoms with van der Waals surface area (Å²) in [5, 5.41) is 0. The van der Waals surface area contributed by atoms with Crippen molar-refractivity contribution in [2.75, 3.05) is 25.3 Å². The number of amides is 1. The van der Waals surface area contributed by atoms with Gasteiger partial charge in [-0.25, -0.2) is 0 Å². The number of carbonyl (C=O) groups excluding carboxylic acids is 1. The molecule has 18 heavy (non-hydrogen) atoms. The lowest BCUT2D eigenvalue weighted by atomic mass is 10.0. The number of ether oxygens (including phenoxy) is 2. The molecule has 0 saturated carbocycles. The molecule has 1 aromatic rings. The van der Waals surface area contributed by atoms with Crippen LogP contribution in [0.5, 0.6) is 5.75 Å². The number of carbonyl (C=O) groups is 1. The normalized spacial score (nSPS) is 16.2. The van der Waals surface area contributed by atoms with Crippen molar-refractivity contribution in [2.24, 2.45) is 5.73 Å². The number of benzene rings is 1. The Kier molecular flexibility index (Phi) is 3.84. The van der Waals surface area contributed by atoms with Gasteiger partial charge in [0, 0.05) is 13.2 Å². The minimum atomic E-state index is -0.105. The van der Waals surface area contributed by atoms with E-state index in [9.17, 15) is 4.79 Å². The molecule has 1 aliphatic rings. The van der Waals surface area contributed by atoms with Crippen LogP contribution in [0, 0.1) is 0 Å². The topological polar surface area (TPSA) is 64.8 Å². The van der Waals surface area contributed by atoms with Crippen molar-refractivity contribution in [3.8, 4) is 5.75 Å². The van der Waals surface area contributed by atoms with Crippen LogP contribution in [-0.4, -0.2) is 26.4 Å². The third-order valence-corrected chi connectivity index (χ3v) is 3.05. The first-order valence-corrected chi connectivity index (χ1v) is 5.99. The first-order valence-electron chi connectivity index (χ1n) is 5.99. The minimum Gasteiger partial charge on any atom is -0.482 e. The third-order valence-electron chi connectivity index (χ3n) is 3.05. The average molecular weight is 250 g/mol. The van der Waals surface area contributed by atoms with Crippen LogP contribution in [0.15, 0.2) is 18.2 Å². The highest BCUT2D eigenvalue weighted by Gasteiger charge is 2.26. The molecule has 2 N–H and O–H groups in total. The molecule has 5 nitrogen and oxygen atoms in total. The van der Waals surface area contributed by atoms with Crippen LogP contribution in [0.25, 0.3) is 0 Å². The van der Waals surface area contributed by atoms with Crippen molar-refractivity contribution in [3.63, 3.8) is 0 Å². The van der Waals surface area contributed by atoms with Gasteiger partial charge in [-0.3, -0.25) is 9.69 Å². The second-order valence-electron chi connectivity index (χ2n) is 4.27. The highest BCUT2D eigenvalue weighted by atomic mass is 16.5. The minimum absolute atomic E-state index is 0.0308. The molecule has 98 valence electrons. The van der Waals surface area contributed by atoms with Gasteiger partial charge in [0.15, 0.2) is 6.61 Å². The van der Waals surface area contributed by atoms with Gasteiger partial charge in [-0.05, 0) is 24.1 Å². The highest BCUT2D eigenvalue weighted by Crippen LogP contribution is 2.34. The van der Waals surface area contributed by atoms with Crippen molar-refractivity contribution in [2.45, 2.75) is 19.4 Å². The number of fused-ring (bicyclic) bond motifs is 1. The zero-order chi connectivity index (χ0) is 13.1. The summed E-state index contributed by atoms with van der Waals surface area (Å²) in [6, 6.07) is 5.67. The molecule has 1 amide bonds. The first-order chi connectivity index (χ1) is 8.67. The SMILES string of the molecule is CCC(N)c1ccc2c(c1)N(COC)C(=O)CO2. The largest absolute Gasteiger partial charge is 0.482 e. The molecule has 2 rings (SSSR count). The Morgan fingerprint density at radius 3 is 3.00 bits per heavy atom. The predicted octanol–water partition coefficient (Wildman–Crippen LogP) is 1.43. The van der Waals surface area contributed by atoms with Crippen LogP contribution in [-0.2, 0) is 9.53 Å². The lowest BCUT2D eigenvalue weighted by Crippen LogP contribution is -2.40. The Balaban J connectivity index is 2.38. The summed E-state index contributed by atoms with van der Waals surface area (Å²) in [4.78, 5) is 13.4. The van der Waals surface area contributed by atoms with E-state index in [0.717, 1.165) is 17.7 Å². The summed E-state index contributed by atoms with van der Waals surface area (Å²) in [5.74, 6) is 0.588. The van der Waals surface area contributed by atoms with Gasteiger partial charge in [0.2, 0.25) is 0 Å². The Labute approximate surface area is 106 Å². The van der Waals surface area contributed by atoms with E-state index in [1.165, 1.54) is 0 Å². The summed E-state index contributed by atoms with van der Waals surface area (Å²) < 4.78 is 10.4. The average Bonchev–Trinajstić information content (AvgIpc) is 2.40. The maximum atomic E-state index is 11.8.